The van der Waals surface area contributed by atoms with Gasteiger partial charge in [-0.2, -0.15) is 24.2 Å². The monoisotopic (exact) mass is 461 g/mol. The molecule has 0 atom stereocenters. The van der Waals surface area contributed by atoms with Gasteiger partial charge in [0.25, 0.3) is 10.0 Å². The van der Waals surface area contributed by atoms with Crippen LogP contribution in [0.2, 0.25) is 6.55 Å². The molecule has 0 unspecified atom stereocenters. The largest absolute Gasteiger partial charge is 0.282 e. The van der Waals surface area contributed by atoms with E-state index in [1.165, 1.54) is 0 Å². The molecule has 0 aliphatic heterocycles. The van der Waals surface area contributed by atoms with E-state index in [0.717, 1.165) is 21.5 Å². The predicted octanol–water partition coefficient (Wildman–Crippen LogP) is 4.67. The number of benzene rings is 3. The van der Waals surface area contributed by atoms with Crippen LogP contribution in [0.15, 0.2) is 111 Å². The molecule has 0 radical (unpaired) electrons. The first-order valence-corrected chi connectivity index (χ1v) is 14.9. The highest BCUT2D eigenvalue weighted by molar-refractivity contribution is 7.90. The minimum atomic E-state index is -3.87. The molecule has 4 aromatic rings. The average molecular weight is 462 g/mol. The molecule has 0 aliphatic carbocycles. The summed E-state index contributed by atoms with van der Waals surface area (Å²) in [5.41, 5.74) is 1.87. The zero-order chi connectivity index (χ0) is 21.9. The molecule has 0 fully saturated rings. The van der Waals surface area contributed by atoms with Crippen LogP contribution >= 0.6 is 11.3 Å². The molecule has 4 rings (SSSR count). The quantitative estimate of drug-likeness (QED) is 0.309. The van der Waals surface area contributed by atoms with Crippen molar-refractivity contribution < 1.29 is 8.42 Å². The van der Waals surface area contributed by atoms with Crippen LogP contribution in [0.25, 0.3) is 0 Å². The minimum absolute atomic E-state index is 0.211. The van der Waals surface area contributed by atoms with Crippen molar-refractivity contribution in [1.82, 2.24) is 0 Å². The molecule has 0 saturated carbocycles. The Morgan fingerprint density at radius 3 is 1.84 bits per heavy atom. The lowest BCUT2D eigenvalue weighted by molar-refractivity contribution is 0.598. The van der Waals surface area contributed by atoms with Gasteiger partial charge >= 0.3 is 0 Å². The lowest BCUT2D eigenvalue weighted by atomic mass is 10.2. The third-order valence-corrected chi connectivity index (χ3v) is 12.0. The highest BCUT2D eigenvalue weighted by Crippen LogP contribution is 2.22. The molecule has 1 heterocycles. The predicted molar refractivity (Wildman–Crippen MR) is 133 cm³/mol. The first kappa shape index (κ1) is 21.4. The number of hydrogen-bond donors (Lipinski definition) is 0. The number of rotatable bonds is 6. The van der Waals surface area contributed by atoms with Gasteiger partial charge in [-0.1, -0.05) is 84.9 Å². The van der Waals surface area contributed by atoms with Crippen LogP contribution < -0.4 is 10.4 Å². The Hall–Kier alpha value is -2.80. The van der Waals surface area contributed by atoms with Gasteiger partial charge in [0.15, 0.2) is 8.07 Å². The van der Waals surface area contributed by atoms with Gasteiger partial charge in [0.1, 0.15) is 0 Å². The maximum absolute atomic E-state index is 13.4. The summed E-state index contributed by atoms with van der Waals surface area (Å²) >= 11 is 1.54. The Morgan fingerprint density at radius 2 is 1.35 bits per heavy atom. The average Bonchev–Trinajstić information content (AvgIpc) is 3.33. The summed E-state index contributed by atoms with van der Waals surface area (Å²) in [5.74, 6) is 0. The summed E-state index contributed by atoms with van der Waals surface area (Å²) in [7, 11) is -6.59. The second-order valence-electron chi connectivity index (χ2n) is 7.60. The van der Waals surface area contributed by atoms with E-state index in [1.807, 2.05) is 60.1 Å². The fourth-order valence-corrected chi connectivity index (χ4v) is 9.80. The third-order valence-electron chi connectivity index (χ3n) is 5.50. The van der Waals surface area contributed by atoms with E-state index in [1.54, 1.807) is 35.6 Å². The van der Waals surface area contributed by atoms with Gasteiger partial charge in [-0.3, -0.25) is 0 Å². The Balaban J connectivity index is 2.00. The number of hydrogen-bond acceptors (Lipinski definition) is 3. The Morgan fingerprint density at radius 1 is 0.806 bits per heavy atom. The number of nitrogens with zero attached hydrogens (tertiary/aromatic N) is 1. The van der Waals surface area contributed by atoms with Gasteiger partial charge in [-0.05, 0) is 46.3 Å². The van der Waals surface area contributed by atoms with Gasteiger partial charge in [0, 0.05) is 5.56 Å². The van der Waals surface area contributed by atoms with Crippen LogP contribution in [0.4, 0.5) is 0 Å². The Kier molecular flexibility index (Phi) is 6.05. The highest BCUT2D eigenvalue weighted by atomic mass is 32.2. The summed E-state index contributed by atoms with van der Waals surface area (Å²) in [6, 6.07) is 29.1. The topological polar surface area (TPSA) is 46.5 Å². The molecule has 0 amide bonds. The molecule has 0 saturated heterocycles. The molecule has 31 heavy (non-hydrogen) atoms. The van der Waals surface area contributed by atoms with Crippen LogP contribution in [0.3, 0.4) is 0 Å². The zero-order valence-electron chi connectivity index (χ0n) is 17.4. The summed E-state index contributed by atoms with van der Waals surface area (Å²) < 4.78 is 31.3. The van der Waals surface area contributed by atoms with Crippen molar-refractivity contribution in [2.45, 2.75) is 18.4 Å². The van der Waals surface area contributed by atoms with E-state index in [-0.39, 0.29) is 4.90 Å². The highest BCUT2D eigenvalue weighted by Gasteiger charge is 2.40. The van der Waals surface area contributed by atoms with Crippen molar-refractivity contribution in [2.75, 3.05) is 0 Å². The molecular weight excluding hydrogens is 439 g/mol. The minimum Gasteiger partial charge on any atom is -0.199 e. The van der Waals surface area contributed by atoms with Gasteiger partial charge in [-0.25, -0.2) is 0 Å². The van der Waals surface area contributed by atoms with E-state index >= 15 is 0 Å². The van der Waals surface area contributed by atoms with Crippen LogP contribution in [0.1, 0.15) is 11.1 Å². The molecule has 6 heteroatoms. The van der Waals surface area contributed by atoms with Crippen LogP contribution in [0.5, 0.6) is 0 Å². The van der Waals surface area contributed by atoms with E-state index < -0.39 is 18.1 Å². The maximum Gasteiger partial charge on any atom is 0.282 e. The normalized spacial score (nSPS) is 12.6. The SMILES string of the molecule is Cc1ccc(S(=O)(=O)/N=C(/c2ccsc2)[Si](C)(c2ccccc2)c2ccccc2)cc1. The molecule has 3 aromatic carbocycles. The van der Waals surface area contributed by atoms with Gasteiger partial charge in [0.2, 0.25) is 0 Å². The summed E-state index contributed by atoms with van der Waals surface area (Å²) in [4.78, 5) is 0.211. The van der Waals surface area contributed by atoms with Crippen LogP contribution in [0, 0.1) is 6.92 Å². The van der Waals surface area contributed by atoms with Crippen molar-refractivity contribution in [2.24, 2.45) is 4.40 Å². The second kappa shape index (κ2) is 8.75. The first-order valence-electron chi connectivity index (χ1n) is 9.97. The van der Waals surface area contributed by atoms with E-state index in [9.17, 15) is 8.42 Å². The smallest absolute Gasteiger partial charge is 0.199 e. The molecule has 1 aromatic heterocycles. The number of thiophene rings is 1. The van der Waals surface area contributed by atoms with Crippen molar-refractivity contribution in [3.05, 3.63) is 113 Å². The lowest BCUT2D eigenvalue weighted by Crippen LogP contribution is -2.62. The molecule has 3 nitrogen and oxygen atoms in total. The molecule has 156 valence electrons. The standard InChI is InChI=1S/C25H23NO2S2Si/c1-20-13-15-22(16-14-20)30(27,28)26-25(21-17-18-29-19-21)31(2,23-9-5-3-6-10-23)24-11-7-4-8-12-24/h3-19H,1-2H3/b26-25-. The number of sulfonamides is 1. The fraction of sp³-hybridized carbons (Fsp3) is 0.0800. The van der Waals surface area contributed by atoms with Gasteiger partial charge in [-0.15, -0.1) is 0 Å². The fourth-order valence-electron chi connectivity index (χ4n) is 3.70. The van der Waals surface area contributed by atoms with Crippen molar-refractivity contribution in [3.8, 4) is 0 Å². The second-order valence-corrected chi connectivity index (χ2v) is 13.9. The maximum atomic E-state index is 13.4. The summed E-state index contributed by atoms with van der Waals surface area (Å²) in [6.07, 6.45) is 0. The van der Waals surface area contributed by atoms with Gasteiger partial charge in [0.05, 0.1) is 10.2 Å². The molecule has 0 bridgehead atoms. The third kappa shape index (κ3) is 4.32. The molecular formula is C25H23NO2S2Si. The van der Waals surface area contributed by atoms with E-state index in [0.29, 0.717) is 5.33 Å². The Bertz CT molecular complexity index is 1240. The first-order chi connectivity index (χ1) is 14.9. The summed E-state index contributed by atoms with van der Waals surface area (Å²) in [5, 5.41) is 6.83. The van der Waals surface area contributed by atoms with Crippen molar-refractivity contribution >= 4 is 45.1 Å². The molecule has 0 N–H and O–H groups in total. The number of aryl methyl sites for hydroxylation is 1. The lowest BCUT2D eigenvalue weighted by Gasteiger charge is -2.30. The van der Waals surface area contributed by atoms with Crippen molar-refractivity contribution in [1.29, 1.82) is 0 Å². The molecule has 0 aliphatic rings. The van der Waals surface area contributed by atoms with Gasteiger partial charge < -0.3 is 0 Å². The van der Waals surface area contributed by atoms with E-state index in [4.69, 9.17) is 0 Å². The van der Waals surface area contributed by atoms with E-state index in [2.05, 4.69) is 35.2 Å². The Labute approximate surface area is 188 Å². The van der Waals surface area contributed by atoms with Crippen LogP contribution in [-0.2, 0) is 10.0 Å². The zero-order valence-corrected chi connectivity index (χ0v) is 20.0. The summed E-state index contributed by atoms with van der Waals surface area (Å²) in [6.45, 7) is 4.12. The van der Waals surface area contributed by atoms with Crippen LogP contribution in [-0.4, -0.2) is 21.8 Å². The van der Waals surface area contributed by atoms with Crippen molar-refractivity contribution in [3.63, 3.8) is 0 Å². The molecule has 0 spiro atoms.